The van der Waals surface area contributed by atoms with Crippen molar-refractivity contribution in [2.45, 2.75) is 124 Å². The first-order chi connectivity index (χ1) is 16.8. The lowest BCUT2D eigenvalue weighted by Crippen LogP contribution is -2.43. The van der Waals surface area contributed by atoms with Gasteiger partial charge in [0.2, 0.25) is 10.4 Å². The van der Waals surface area contributed by atoms with Crippen molar-refractivity contribution in [1.82, 2.24) is 5.32 Å². The van der Waals surface area contributed by atoms with Crippen LogP contribution >= 0.6 is 0 Å². The summed E-state index contributed by atoms with van der Waals surface area (Å²) in [5.74, 6) is 0.164. The third-order valence-electron chi connectivity index (χ3n) is 6.52. The van der Waals surface area contributed by atoms with Crippen LogP contribution in [0.2, 0.25) is 0 Å². The minimum absolute atomic E-state index is 0.0914. The molecular formula is C27H58N2O6S. The standard InChI is InChI=1S/C25H52N2O2.C2H6O4S/c1-6-27(4,5)22-18-21-26-24(25(28)29)20-17-15-13-11-9-7-8-10-12-14-16-19-23(2)3;1-2-6-7(3,4)5/h23-24,26H,6-22H2,1-5H3;2H2,1H3,(H,3,4,5). The first-order valence-electron chi connectivity index (χ1n) is 14.2. The normalized spacial score (nSPS) is 12.9. The van der Waals surface area contributed by atoms with E-state index in [9.17, 15) is 22.9 Å². The largest absolute Gasteiger partial charge is 0.726 e. The summed E-state index contributed by atoms with van der Waals surface area (Å²) in [5, 5.41) is 12.7. The molecule has 0 fully saturated rings. The highest BCUT2D eigenvalue weighted by atomic mass is 32.3. The average molecular weight is 539 g/mol. The number of carboxylic acids is 1. The summed E-state index contributed by atoms with van der Waals surface area (Å²) >= 11 is 0. The molecule has 0 aromatic carbocycles. The number of hydrogen-bond acceptors (Lipinski definition) is 6. The monoisotopic (exact) mass is 538 g/mol. The second-order valence-electron chi connectivity index (χ2n) is 10.8. The first-order valence-corrected chi connectivity index (χ1v) is 15.6. The average Bonchev–Trinajstić information content (AvgIpc) is 2.77. The minimum Gasteiger partial charge on any atom is -0.726 e. The van der Waals surface area contributed by atoms with Gasteiger partial charge in [-0.25, -0.2) is 8.42 Å². The molecule has 0 rings (SSSR count). The van der Waals surface area contributed by atoms with Crippen LogP contribution in [0.25, 0.3) is 0 Å². The second kappa shape index (κ2) is 23.4. The number of carbonyl (C=O) groups is 1. The number of nitrogens with one attached hydrogen (secondary N) is 1. The van der Waals surface area contributed by atoms with Gasteiger partial charge in [0.15, 0.2) is 0 Å². The Morgan fingerprint density at radius 1 is 0.861 bits per heavy atom. The van der Waals surface area contributed by atoms with Gasteiger partial charge in [-0.05, 0) is 26.2 Å². The van der Waals surface area contributed by atoms with Crippen LogP contribution in [0.3, 0.4) is 0 Å². The molecule has 0 aromatic rings. The summed E-state index contributed by atoms with van der Waals surface area (Å²) in [4.78, 5) is 11.4. The maximum Gasteiger partial charge on any atom is 0.320 e. The highest BCUT2D eigenvalue weighted by molar-refractivity contribution is 7.80. The van der Waals surface area contributed by atoms with Gasteiger partial charge in [0.1, 0.15) is 6.04 Å². The van der Waals surface area contributed by atoms with Gasteiger partial charge in [-0.1, -0.05) is 90.9 Å². The minimum atomic E-state index is -4.42. The Morgan fingerprint density at radius 3 is 1.64 bits per heavy atom. The Bertz CT molecular complexity index is 611. The lowest BCUT2D eigenvalue weighted by molar-refractivity contribution is -0.888. The van der Waals surface area contributed by atoms with Crippen molar-refractivity contribution in [3.8, 4) is 0 Å². The number of rotatable bonds is 23. The van der Waals surface area contributed by atoms with Crippen molar-refractivity contribution >= 4 is 16.4 Å². The summed E-state index contributed by atoms with van der Waals surface area (Å²) in [7, 11) is 0.0255. The van der Waals surface area contributed by atoms with Crippen molar-refractivity contribution < 1.29 is 31.5 Å². The fourth-order valence-electron chi connectivity index (χ4n) is 3.89. The molecule has 0 spiro atoms. The van der Waals surface area contributed by atoms with E-state index in [1.807, 2.05) is 0 Å². The van der Waals surface area contributed by atoms with E-state index in [1.54, 1.807) is 0 Å². The smallest absolute Gasteiger partial charge is 0.320 e. The van der Waals surface area contributed by atoms with E-state index in [0.29, 0.717) is 0 Å². The molecule has 0 saturated carbocycles. The van der Waals surface area contributed by atoms with Crippen molar-refractivity contribution in [2.24, 2.45) is 5.92 Å². The van der Waals surface area contributed by atoms with E-state index in [4.69, 9.17) is 0 Å². The van der Waals surface area contributed by atoms with Crippen molar-refractivity contribution in [3.63, 3.8) is 0 Å². The summed E-state index contributed by atoms with van der Waals surface area (Å²) in [6.07, 6.45) is 17.7. The molecule has 2 N–H and O–H groups in total. The number of aliphatic carboxylic acids is 1. The van der Waals surface area contributed by atoms with Gasteiger partial charge in [0.05, 0.1) is 33.8 Å². The van der Waals surface area contributed by atoms with E-state index in [-0.39, 0.29) is 12.6 Å². The van der Waals surface area contributed by atoms with Crippen molar-refractivity contribution in [2.75, 3.05) is 40.3 Å². The Kier molecular flexibility index (Phi) is 24.3. The maximum absolute atomic E-state index is 11.4. The van der Waals surface area contributed by atoms with Crippen LogP contribution in [-0.2, 0) is 19.4 Å². The first kappa shape index (κ1) is 37.4. The zero-order valence-electron chi connectivity index (χ0n) is 24.2. The number of quaternary nitrogens is 1. The third kappa shape index (κ3) is 29.5. The van der Waals surface area contributed by atoms with Crippen LogP contribution in [0.1, 0.15) is 118 Å². The van der Waals surface area contributed by atoms with Gasteiger partial charge in [-0.15, -0.1) is 0 Å². The molecule has 218 valence electrons. The van der Waals surface area contributed by atoms with E-state index in [2.05, 4.69) is 44.4 Å². The predicted molar refractivity (Wildman–Crippen MR) is 148 cm³/mol. The molecule has 36 heavy (non-hydrogen) atoms. The Labute approximate surface area is 223 Å². The van der Waals surface area contributed by atoms with Crippen LogP contribution in [0, 0.1) is 5.92 Å². The lowest BCUT2D eigenvalue weighted by Gasteiger charge is -2.28. The molecule has 0 bridgehead atoms. The molecule has 0 heterocycles. The van der Waals surface area contributed by atoms with Gasteiger partial charge in [0.25, 0.3) is 0 Å². The summed E-state index contributed by atoms with van der Waals surface area (Å²) < 4.78 is 33.0. The highest BCUT2D eigenvalue weighted by Gasteiger charge is 2.17. The molecule has 0 amide bonds. The highest BCUT2D eigenvalue weighted by Crippen LogP contribution is 2.14. The Morgan fingerprint density at radius 2 is 1.31 bits per heavy atom. The van der Waals surface area contributed by atoms with Gasteiger partial charge in [0, 0.05) is 13.0 Å². The topological polar surface area (TPSA) is 116 Å². The fraction of sp³-hybridized carbons (Fsp3) is 0.963. The van der Waals surface area contributed by atoms with Gasteiger partial charge in [-0.3, -0.25) is 8.98 Å². The van der Waals surface area contributed by atoms with E-state index in [0.717, 1.165) is 49.3 Å². The number of nitrogens with zero attached hydrogens (tertiary/aromatic N) is 1. The van der Waals surface area contributed by atoms with Gasteiger partial charge >= 0.3 is 5.97 Å². The molecule has 0 aliphatic carbocycles. The van der Waals surface area contributed by atoms with Crippen LogP contribution in [0.15, 0.2) is 0 Å². The fourth-order valence-corrected chi connectivity index (χ4v) is 4.18. The Hall–Kier alpha value is -0.740. The molecule has 0 aliphatic heterocycles. The lowest BCUT2D eigenvalue weighted by atomic mass is 10.0. The summed E-state index contributed by atoms with van der Waals surface area (Å²) in [6, 6.07) is -0.372. The molecule has 0 aromatic heterocycles. The van der Waals surface area contributed by atoms with E-state index in [1.165, 1.54) is 77.6 Å². The van der Waals surface area contributed by atoms with Crippen LogP contribution in [0.4, 0.5) is 0 Å². The quantitative estimate of drug-likeness (QED) is 0.0739. The van der Waals surface area contributed by atoms with E-state index >= 15 is 0 Å². The van der Waals surface area contributed by atoms with Crippen molar-refractivity contribution in [3.05, 3.63) is 0 Å². The van der Waals surface area contributed by atoms with E-state index < -0.39 is 16.4 Å². The molecular weight excluding hydrogens is 480 g/mol. The molecule has 9 heteroatoms. The van der Waals surface area contributed by atoms with Crippen molar-refractivity contribution in [1.29, 1.82) is 0 Å². The van der Waals surface area contributed by atoms with Crippen LogP contribution in [0.5, 0.6) is 0 Å². The number of hydrogen-bond donors (Lipinski definition) is 2. The van der Waals surface area contributed by atoms with Gasteiger partial charge < -0.3 is 19.5 Å². The van der Waals surface area contributed by atoms with Crippen LogP contribution < -0.4 is 5.32 Å². The zero-order chi connectivity index (χ0) is 27.9. The maximum atomic E-state index is 11.4. The molecule has 0 saturated heterocycles. The van der Waals surface area contributed by atoms with Gasteiger partial charge in [-0.2, -0.15) is 0 Å². The predicted octanol–water partition coefficient (Wildman–Crippen LogP) is 5.73. The third-order valence-corrected chi connectivity index (χ3v) is 7.05. The zero-order valence-corrected chi connectivity index (χ0v) is 25.0. The molecule has 0 aliphatic rings. The summed E-state index contributed by atoms with van der Waals surface area (Å²) in [5.41, 5.74) is 0. The second-order valence-corrected chi connectivity index (χ2v) is 11.9. The molecule has 1 unspecified atom stereocenters. The van der Waals surface area contributed by atoms with Crippen LogP contribution in [-0.4, -0.2) is 74.9 Å². The number of carboxylic acid groups (broad SMARTS) is 1. The molecule has 0 radical (unpaired) electrons. The molecule has 8 nitrogen and oxygen atoms in total. The number of unbranched alkanes of at least 4 members (excludes halogenated alkanes) is 10. The molecule has 1 atom stereocenters. The SMILES string of the molecule is CCOS(=O)(=O)[O-].CC[N+](C)(C)CCCNC(CCCCCCCCCCCCCC(C)C)C(=O)O. The Balaban J connectivity index is 0. The summed E-state index contributed by atoms with van der Waals surface area (Å²) in [6.45, 7) is 11.2.